The molecule has 4 nitrogen and oxygen atoms in total. The van der Waals surface area contributed by atoms with Crippen LogP contribution in [0.5, 0.6) is 0 Å². The molecule has 0 unspecified atom stereocenters. The summed E-state index contributed by atoms with van der Waals surface area (Å²) in [6.07, 6.45) is 0. The minimum atomic E-state index is 0.904. The maximum absolute atomic E-state index is 6.28. The molecular weight excluding hydrogens is 739 g/mol. The molecule has 0 aliphatic carbocycles. The van der Waals surface area contributed by atoms with Crippen molar-refractivity contribution in [3.8, 4) is 11.1 Å². The lowest BCUT2D eigenvalue weighted by atomic mass is 10.0. The van der Waals surface area contributed by atoms with Gasteiger partial charge in [0.2, 0.25) is 0 Å². The predicted octanol–water partition coefficient (Wildman–Crippen LogP) is 15.6. The summed E-state index contributed by atoms with van der Waals surface area (Å²) in [5.41, 5.74) is 14.7. The molecule has 5 heteroatoms. The molecule has 9 aromatic carbocycles. The number of fused-ring (bicyclic) bond motifs is 15. The molecule has 0 amide bonds. The van der Waals surface area contributed by atoms with Gasteiger partial charge in [0.1, 0.15) is 11.2 Å². The van der Waals surface area contributed by atoms with E-state index >= 15 is 0 Å². The number of hydrogen-bond donors (Lipinski definition) is 0. The Balaban J connectivity index is 1.01. The number of para-hydroxylation sites is 3. The van der Waals surface area contributed by atoms with Crippen LogP contribution in [0.4, 0.5) is 17.1 Å². The predicted molar refractivity (Wildman–Crippen MR) is 250 cm³/mol. The van der Waals surface area contributed by atoms with Gasteiger partial charge in [0, 0.05) is 69.6 Å². The summed E-state index contributed by atoms with van der Waals surface area (Å²) < 4.78 is 13.9. The molecule has 0 radical (unpaired) electrons. The molecule has 274 valence electrons. The Morgan fingerprint density at radius 3 is 1.66 bits per heavy atom. The zero-order valence-corrected chi connectivity index (χ0v) is 32.4. The monoisotopic (exact) mass is 769 g/mol. The smallest absolute Gasteiger partial charge is 0.136 e. The number of thiophene rings is 1. The van der Waals surface area contributed by atoms with E-state index in [1.54, 1.807) is 0 Å². The van der Waals surface area contributed by atoms with Gasteiger partial charge in [-0.2, -0.15) is 0 Å². The minimum Gasteiger partial charge on any atom is -0.456 e. The van der Waals surface area contributed by atoms with Gasteiger partial charge in [-0.3, -0.25) is 0 Å². The topological polar surface area (TPSA) is 25.2 Å². The Hall–Kier alpha value is -7.60. The Kier molecular flexibility index (Phi) is 6.14. The summed E-state index contributed by atoms with van der Waals surface area (Å²) in [4.78, 5) is 2.42. The second kappa shape index (κ2) is 11.5. The fourth-order valence-electron chi connectivity index (χ4n) is 10.0. The standard InChI is InChI=1S/C54H31N3OS/c1-5-13-45-37(9-1)43-26-27-44-38-10-2-6-14-46(38)57-48-30-35(23-28-47(48)56(45)53(43)54(44)57)55(36-22-25-42-41-12-4-8-16-51(41)59-52(42)31-36)34-20-17-32(18-21-34)33-19-24-40-39-11-3-7-15-49(39)58-50(40)29-33/h1-31H. The van der Waals surface area contributed by atoms with Gasteiger partial charge in [-0.1, -0.05) is 109 Å². The van der Waals surface area contributed by atoms with Crippen LogP contribution < -0.4 is 4.90 Å². The summed E-state index contributed by atoms with van der Waals surface area (Å²) in [6, 6.07) is 68.9. The first-order valence-electron chi connectivity index (χ1n) is 20.1. The van der Waals surface area contributed by atoms with Gasteiger partial charge in [-0.05, 0) is 90.0 Å². The van der Waals surface area contributed by atoms with Crippen LogP contribution in [0.25, 0.3) is 108 Å². The molecule has 59 heavy (non-hydrogen) atoms. The summed E-state index contributed by atoms with van der Waals surface area (Å²) in [6.45, 7) is 0. The lowest BCUT2D eigenvalue weighted by molar-refractivity contribution is 0.669. The molecule has 0 fully saturated rings. The van der Waals surface area contributed by atoms with Crippen LogP contribution in [-0.2, 0) is 0 Å². The normalized spacial score (nSPS) is 12.4. The number of benzene rings is 9. The zero-order chi connectivity index (χ0) is 38.3. The highest BCUT2D eigenvalue weighted by molar-refractivity contribution is 7.25. The van der Waals surface area contributed by atoms with E-state index in [4.69, 9.17) is 4.42 Å². The van der Waals surface area contributed by atoms with Crippen LogP contribution in [0.2, 0.25) is 0 Å². The van der Waals surface area contributed by atoms with Crippen molar-refractivity contribution in [1.29, 1.82) is 0 Å². The van der Waals surface area contributed by atoms with Crippen molar-refractivity contribution in [2.24, 2.45) is 0 Å². The molecule has 14 aromatic rings. The molecule has 0 N–H and O–H groups in total. The lowest BCUT2D eigenvalue weighted by Gasteiger charge is -2.26. The number of aromatic nitrogens is 2. The SMILES string of the molecule is c1ccc2c(c1)oc1cc(-c3ccc(N(c4ccc5c(c4)sc4ccccc45)c4ccc5c(c4)n4c6ccccc6c6ccc7c8ccccc8n5c7c64)cc3)ccc12. The van der Waals surface area contributed by atoms with E-state index < -0.39 is 0 Å². The van der Waals surface area contributed by atoms with Gasteiger partial charge in [0.15, 0.2) is 0 Å². The first-order chi connectivity index (χ1) is 29.2. The lowest BCUT2D eigenvalue weighted by Crippen LogP contribution is -2.10. The zero-order valence-electron chi connectivity index (χ0n) is 31.6. The molecule has 5 heterocycles. The third-order valence-corrected chi connectivity index (χ3v) is 13.8. The third-order valence-electron chi connectivity index (χ3n) is 12.6. The van der Waals surface area contributed by atoms with Gasteiger partial charge < -0.3 is 18.1 Å². The number of furan rings is 1. The van der Waals surface area contributed by atoms with Crippen LogP contribution >= 0.6 is 11.3 Å². The first-order valence-corrected chi connectivity index (χ1v) is 20.9. The maximum atomic E-state index is 6.28. The molecule has 5 aromatic heterocycles. The van der Waals surface area contributed by atoms with Crippen molar-refractivity contribution in [1.82, 2.24) is 8.80 Å². The van der Waals surface area contributed by atoms with E-state index in [1.807, 2.05) is 23.5 Å². The Bertz CT molecular complexity index is 4030. The second-order valence-electron chi connectivity index (χ2n) is 15.7. The number of hydrogen-bond acceptors (Lipinski definition) is 3. The van der Waals surface area contributed by atoms with Crippen molar-refractivity contribution >= 4 is 125 Å². The fraction of sp³-hybridized carbons (Fsp3) is 0. The van der Waals surface area contributed by atoms with Gasteiger partial charge in [0.25, 0.3) is 0 Å². The Morgan fingerprint density at radius 2 is 0.881 bits per heavy atom. The van der Waals surface area contributed by atoms with Crippen LogP contribution in [0.15, 0.2) is 192 Å². The highest BCUT2D eigenvalue weighted by Gasteiger charge is 2.23. The summed E-state index contributed by atoms with van der Waals surface area (Å²) in [7, 11) is 0. The Labute approximate surface area is 340 Å². The third kappa shape index (κ3) is 4.26. The highest BCUT2D eigenvalue weighted by atomic mass is 32.1. The van der Waals surface area contributed by atoms with Gasteiger partial charge in [-0.25, -0.2) is 0 Å². The molecule has 14 rings (SSSR count). The molecule has 0 atom stereocenters. The summed E-state index contributed by atoms with van der Waals surface area (Å²) in [5.74, 6) is 0. The van der Waals surface area contributed by atoms with Crippen molar-refractivity contribution in [3.05, 3.63) is 188 Å². The van der Waals surface area contributed by atoms with E-state index in [0.29, 0.717) is 0 Å². The molecule has 0 saturated carbocycles. The number of rotatable bonds is 4. The van der Waals surface area contributed by atoms with Crippen LogP contribution in [0.3, 0.4) is 0 Å². The molecule has 0 saturated heterocycles. The molecule has 0 bridgehead atoms. The van der Waals surface area contributed by atoms with Crippen LogP contribution in [-0.4, -0.2) is 8.80 Å². The minimum absolute atomic E-state index is 0.904. The van der Waals surface area contributed by atoms with Gasteiger partial charge in [-0.15, -0.1) is 11.3 Å². The quantitative estimate of drug-likeness (QED) is 0.167. The highest BCUT2D eigenvalue weighted by Crippen LogP contribution is 2.45. The van der Waals surface area contributed by atoms with E-state index in [-0.39, 0.29) is 0 Å². The number of nitrogens with zero attached hydrogens (tertiary/aromatic N) is 3. The van der Waals surface area contributed by atoms with Crippen LogP contribution in [0, 0.1) is 0 Å². The van der Waals surface area contributed by atoms with Crippen LogP contribution in [0.1, 0.15) is 0 Å². The van der Waals surface area contributed by atoms with E-state index in [1.165, 1.54) is 74.8 Å². The van der Waals surface area contributed by atoms with Crippen molar-refractivity contribution in [2.45, 2.75) is 0 Å². The molecule has 0 aliphatic heterocycles. The molecule has 0 spiro atoms. The van der Waals surface area contributed by atoms with Gasteiger partial charge >= 0.3 is 0 Å². The summed E-state index contributed by atoms with van der Waals surface area (Å²) in [5, 5.41) is 9.97. The van der Waals surface area contributed by atoms with Gasteiger partial charge in [0.05, 0.1) is 33.1 Å². The average Bonchev–Trinajstić information content (AvgIpc) is 4.04. The largest absolute Gasteiger partial charge is 0.456 e. The van der Waals surface area contributed by atoms with E-state index in [0.717, 1.165) is 50.1 Å². The first kappa shape index (κ1) is 31.5. The summed E-state index contributed by atoms with van der Waals surface area (Å²) >= 11 is 1.86. The van der Waals surface area contributed by atoms with E-state index in [2.05, 4.69) is 190 Å². The molecule has 0 aliphatic rings. The maximum Gasteiger partial charge on any atom is 0.136 e. The Morgan fingerprint density at radius 1 is 0.339 bits per heavy atom. The fourth-order valence-corrected chi connectivity index (χ4v) is 11.2. The molecular formula is C54H31N3OS. The van der Waals surface area contributed by atoms with Crippen molar-refractivity contribution in [3.63, 3.8) is 0 Å². The second-order valence-corrected chi connectivity index (χ2v) is 16.8. The van der Waals surface area contributed by atoms with Crippen molar-refractivity contribution < 1.29 is 4.42 Å². The van der Waals surface area contributed by atoms with E-state index in [9.17, 15) is 0 Å². The number of anilines is 3. The van der Waals surface area contributed by atoms with Crippen molar-refractivity contribution in [2.75, 3.05) is 4.90 Å². The average molecular weight is 770 g/mol.